The monoisotopic (exact) mass is 267 g/mol. The van der Waals surface area contributed by atoms with Crippen molar-refractivity contribution in [3.63, 3.8) is 0 Å². The van der Waals surface area contributed by atoms with Gasteiger partial charge in [0.1, 0.15) is 5.69 Å². The van der Waals surface area contributed by atoms with Crippen LogP contribution < -0.4 is 0 Å². The van der Waals surface area contributed by atoms with Gasteiger partial charge >= 0.3 is 5.97 Å². The largest absolute Gasteiger partial charge is 0.464 e. The molecule has 4 heteroatoms. The molecule has 0 radical (unpaired) electrons. The van der Waals surface area contributed by atoms with Gasteiger partial charge < -0.3 is 4.74 Å². The molecule has 0 aliphatic carbocycles. The van der Waals surface area contributed by atoms with E-state index in [0.29, 0.717) is 5.69 Å². The number of alkyl halides is 1. The van der Waals surface area contributed by atoms with Gasteiger partial charge in [0.25, 0.3) is 0 Å². The number of methoxy groups -OCH3 is 1. The number of hydrogen-bond donors (Lipinski definition) is 0. The standard InChI is InChI=1S/C11H10BrNO2/c1-15-11(14)10-6-5-9(8-13-10)4-2-3-7-12/h5-6,8H,3,7H2,1H3. The minimum Gasteiger partial charge on any atom is -0.464 e. The second-order valence-corrected chi connectivity index (χ2v) is 3.46. The molecule has 0 saturated carbocycles. The first-order chi connectivity index (χ1) is 7.27. The van der Waals surface area contributed by atoms with Crippen LogP contribution in [0.3, 0.4) is 0 Å². The molecule has 0 atom stereocenters. The Labute approximate surface area is 97.0 Å². The van der Waals surface area contributed by atoms with E-state index in [1.807, 2.05) is 0 Å². The van der Waals surface area contributed by atoms with Gasteiger partial charge in [-0.1, -0.05) is 27.8 Å². The van der Waals surface area contributed by atoms with E-state index >= 15 is 0 Å². The smallest absolute Gasteiger partial charge is 0.356 e. The summed E-state index contributed by atoms with van der Waals surface area (Å²) in [6.07, 6.45) is 2.35. The molecule has 0 aliphatic heterocycles. The van der Waals surface area contributed by atoms with Crippen LogP contribution in [0.25, 0.3) is 0 Å². The lowest BCUT2D eigenvalue weighted by molar-refractivity contribution is 0.0594. The molecule has 3 nitrogen and oxygen atoms in total. The van der Waals surface area contributed by atoms with Crippen molar-refractivity contribution in [3.05, 3.63) is 29.6 Å². The van der Waals surface area contributed by atoms with Gasteiger partial charge in [0, 0.05) is 23.5 Å². The minimum absolute atomic E-state index is 0.295. The number of halogens is 1. The van der Waals surface area contributed by atoms with Crippen molar-refractivity contribution in [1.82, 2.24) is 4.98 Å². The number of hydrogen-bond acceptors (Lipinski definition) is 3. The Morgan fingerprint density at radius 1 is 1.60 bits per heavy atom. The van der Waals surface area contributed by atoms with Gasteiger partial charge in [-0.05, 0) is 12.1 Å². The van der Waals surface area contributed by atoms with E-state index in [1.165, 1.54) is 7.11 Å². The normalized spacial score (nSPS) is 8.93. The maximum Gasteiger partial charge on any atom is 0.356 e. The number of nitrogens with zero attached hydrogens (tertiary/aromatic N) is 1. The molecule has 0 aromatic carbocycles. The van der Waals surface area contributed by atoms with Gasteiger partial charge in [-0.15, -0.1) is 0 Å². The highest BCUT2D eigenvalue weighted by atomic mass is 79.9. The molecule has 1 heterocycles. The van der Waals surface area contributed by atoms with Crippen LogP contribution in [-0.4, -0.2) is 23.4 Å². The number of ether oxygens (including phenoxy) is 1. The molecule has 0 amide bonds. The summed E-state index contributed by atoms with van der Waals surface area (Å²) in [6.45, 7) is 0. The zero-order valence-corrected chi connectivity index (χ0v) is 9.87. The SMILES string of the molecule is COC(=O)c1ccc(C#CCCBr)cn1. The van der Waals surface area contributed by atoms with Gasteiger partial charge in [0.05, 0.1) is 7.11 Å². The Kier molecular flexibility index (Phi) is 4.85. The zero-order valence-electron chi connectivity index (χ0n) is 8.29. The Hall–Kier alpha value is -1.34. The highest BCUT2D eigenvalue weighted by Crippen LogP contribution is 2.00. The van der Waals surface area contributed by atoms with Crippen LogP contribution in [-0.2, 0) is 4.74 Å². The van der Waals surface area contributed by atoms with Gasteiger partial charge in [-0.3, -0.25) is 0 Å². The van der Waals surface area contributed by atoms with Crippen LogP contribution in [0.2, 0.25) is 0 Å². The summed E-state index contributed by atoms with van der Waals surface area (Å²) in [7, 11) is 1.33. The van der Waals surface area contributed by atoms with E-state index in [0.717, 1.165) is 17.3 Å². The lowest BCUT2D eigenvalue weighted by Crippen LogP contribution is -2.03. The lowest BCUT2D eigenvalue weighted by atomic mass is 10.2. The highest BCUT2D eigenvalue weighted by molar-refractivity contribution is 9.09. The van der Waals surface area contributed by atoms with Crippen molar-refractivity contribution in [3.8, 4) is 11.8 Å². The fourth-order valence-corrected chi connectivity index (χ4v) is 1.10. The third-order valence-electron chi connectivity index (χ3n) is 1.61. The Morgan fingerprint density at radius 3 is 2.93 bits per heavy atom. The van der Waals surface area contributed by atoms with Crippen LogP contribution in [0.15, 0.2) is 18.3 Å². The van der Waals surface area contributed by atoms with Crippen LogP contribution in [0, 0.1) is 11.8 Å². The van der Waals surface area contributed by atoms with E-state index in [1.54, 1.807) is 18.3 Å². The predicted octanol–water partition coefficient (Wildman–Crippen LogP) is 2.00. The number of pyridine rings is 1. The first-order valence-corrected chi connectivity index (χ1v) is 5.49. The number of carbonyl (C=O) groups is 1. The average Bonchev–Trinajstić information content (AvgIpc) is 2.29. The molecule has 15 heavy (non-hydrogen) atoms. The first-order valence-electron chi connectivity index (χ1n) is 4.37. The van der Waals surface area contributed by atoms with E-state index in [9.17, 15) is 4.79 Å². The summed E-state index contributed by atoms with van der Waals surface area (Å²) in [6, 6.07) is 3.35. The van der Waals surface area contributed by atoms with Crippen LogP contribution in [0.4, 0.5) is 0 Å². The van der Waals surface area contributed by atoms with Crippen molar-refractivity contribution in [1.29, 1.82) is 0 Å². The molecule has 0 spiro atoms. The van der Waals surface area contributed by atoms with Gasteiger partial charge in [0.15, 0.2) is 0 Å². The molecule has 1 aromatic heterocycles. The second kappa shape index (κ2) is 6.20. The summed E-state index contributed by atoms with van der Waals surface area (Å²) in [4.78, 5) is 15.0. The van der Waals surface area contributed by atoms with E-state index in [4.69, 9.17) is 0 Å². The molecule has 78 valence electrons. The molecular formula is C11H10BrNO2. The van der Waals surface area contributed by atoms with Crippen LogP contribution in [0.5, 0.6) is 0 Å². The Morgan fingerprint density at radius 2 is 2.40 bits per heavy atom. The molecule has 0 bridgehead atoms. The molecule has 1 aromatic rings. The maximum atomic E-state index is 11.1. The summed E-state index contributed by atoms with van der Waals surface area (Å²) in [5, 5.41) is 0.855. The van der Waals surface area contributed by atoms with Crippen molar-refractivity contribution in [2.75, 3.05) is 12.4 Å². The van der Waals surface area contributed by atoms with Crippen molar-refractivity contribution >= 4 is 21.9 Å². The first kappa shape index (κ1) is 11.7. The maximum absolute atomic E-state index is 11.1. The minimum atomic E-state index is -0.435. The van der Waals surface area contributed by atoms with Crippen LogP contribution >= 0.6 is 15.9 Å². The molecule has 0 unspecified atom stereocenters. The van der Waals surface area contributed by atoms with Gasteiger partial charge in [0.2, 0.25) is 0 Å². The fraction of sp³-hybridized carbons (Fsp3) is 0.273. The summed E-state index contributed by atoms with van der Waals surface area (Å²) in [5.41, 5.74) is 1.09. The molecule has 0 fully saturated rings. The third kappa shape index (κ3) is 3.72. The third-order valence-corrected chi connectivity index (χ3v) is 2.01. The lowest BCUT2D eigenvalue weighted by Gasteiger charge is -1.96. The summed E-state index contributed by atoms with van der Waals surface area (Å²) >= 11 is 3.28. The fourth-order valence-electron chi connectivity index (χ4n) is 0.905. The zero-order chi connectivity index (χ0) is 11.1. The Balaban J connectivity index is 2.73. The Bertz CT molecular complexity index is 389. The number of esters is 1. The van der Waals surface area contributed by atoms with Gasteiger partial charge in [-0.2, -0.15) is 0 Å². The van der Waals surface area contributed by atoms with Crippen molar-refractivity contribution in [2.24, 2.45) is 0 Å². The van der Waals surface area contributed by atoms with Crippen molar-refractivity contribution in [2.45, 2.75) is 6.42 Å². The number of rotatable bonds is 2. The topological polar surface area (TPSA) is 39.2 Å². The predicted molar refractivity (Wildman–Crippen MR) is 60.9 cm³/mol. The van der Waals surface area contributed by atoms with Crippen LogP contribution in [0.1, 0.15) is 22.5 Å². The molecule has 0 saturated heterocycles. The molecular weight excluding hydrogens is 258 g/mol. The number of carbonyl (C=O) groups excluding carboxylic acids is 1. The quantitative estimate of drug-likeness (QED) is 0.468. The van der Waals surface area contributed by atoms with E-state index in [2.05, 4.69) is 37.5 Å². The molecule has 0 N–H and O–H groups in total. The highest BCUT2D eigenvalue weighted by Gasteiger charge is 2.04. The summed E-state index contributed by atoms with van der Waals surface area (Å²) < 4.78 is 4.53. The molecule has 1 rings (SSSR count). The van der Waals surface area contributed by atoms with E-state index < -0.39 is 5.97 Å². The van der Waals surface area contributed by atoms with E-state index in [-0.39, 0.29) is 0 Å². The molecule has 0 aliphatic rings. The second-order valence-electron chi connectivity index (χ2n) is 2.66. The average molecular weight is 268 g/mol. The summed E-state index contributed by atoms with van der Waals surface area (Å²) in [5.74, 6) is 5.46. The van der Waals surface area contributed by atoms with Crippen molar-refractivity contribution < 1.29 is 9.53 Å². The van der Waals surface area contributed by atoms with Gasteiger partial charge in [-0.25, -0.2) is 9.78 Å². The number of aromatic nitrogens is 1.